The zero-order valence-corrected chi connectivity index (χ0v) is 21.5. The summed E-state index contributed by atoms with van der Waals surface area (Å²) in [6.07, 6.45) is 12.6. The lowest BCUT2D eigenvalue weighted by molar-refractivity contribution is 0.231. The van der Waals surface area contributed by atoms with Gasteiger partial charge in [0.05, 0.1) is 0 Å². The van der Waals surface area contributed by atoms with Crippen molar-refractivity contribution in [3.63, 3.8) is 0 Å². The van der Waals surface area contributed by atoms with E-state index in [4.69, 9.17) is 4.98 Å². The average Bonchev–Trinajstić information content (AvgIpc) is 3.12. The van der Waals surface area contributed by atoms with Gasteiger partial charge in [0.15, 0.2) is 0 Å². The number of rotatable bonds is 14. The Labute approximate surface area is 183 Å². The highest BCUT2D eigenvalue weighted by atomic mass is 14.9. The van der Waals surface area contributed by atoms with E-state index in [-0.39, 0.29) is 0 Å². The lowest BCUT2D eigenvalue weighted by atomic mass is 9.75. The van der Waals surface area contributed by atoms with Crippen molar-refractivity contribution in [1.29, 1.82) is 0 Å². The molecule has 0 aliphatic heterocycles. The van der Waals surface area contributed by atoms with E-state index in [1.165, 1.54) is 62.9 Å². The highest BCUT2D eigenvalue weighted by Crippen LogP contribution is 2.39. The van der Waals surface area contributed by atoms with Gasteiger partial charge in [-0.2, -0.15) is 0 Å². The van der Waals surface area contributed by atoms with E-state index >= 15 is 0 Å². The zero-order valence-electron chi connectivity index (χ0n) is 21.5. The van der Waals surface area contributed by atoms with Crippen molar-refractivity contribution in [2.75, 3.05) is 0 Å². The van der Waals surface area contributed by atoms with Crippen LogP contribution < -0.4 is 0 Å². The third-order valence-corrected chi connectivity index (χ3v) is 7.41. The first kappa shape index (κ1) is 26.2. The minimum atomic E-state index is 0.422. The molecule has 0 saturated heterocycles. The topological polar surface area (TPSA) is 28.7 Å². The predicted octanol–water partition coefficient (Wildman–Crippen LogP) is 9.10. The maximum absolute atomic E-state index is 4.82. The first-order chi connectivity index (χ1) is 13.4. The Balaban J connectivity index is 2.72. The molecule has 170 valence electrons. The van der Waals surface area contributed by atoms with E-state index in [1.54, 1.807) is 0 Å². The van der Waals surface area contributed by atoms with Crippen molar-refractivity contribution in [2.45, 2.75) is 132 Å². The van der Waals surface area contributed by atoms with Gasteiger partial charge in [-0.15, -0.1) is 0 Å². The molecule has 2 nitrogen and oxygen atoms in total. The van der Waals surface area contributed by atoms with Crippen LogP contribution in [0.15, 0.2) is 6.20 Å². The highest BCUT2D eigenvalue weighted by Gasteiger charge is 2.28. The lowest BCUT2D eigenvalue weighted by Crippen LogP contribution is -2.20. The second-order valence-corrected chi connectivity index (χ2v) is 11.7. The van der Waals surface area contributed by atoms with Crippen LogP contribution >= 0.6 is 0 Å². The summed E-state index contributed by atoms with van der Waals surface area (Å²) in [5.74, 6) is 3.49. The number of nitrogens with zero attached hydrogens (tertiary/aromatic N) is 1. The first-order valence-corrected chi connectivity index (χ1v) is 12.5. The summed E-state index contributed by atoms with van der Waals surface area (Å²) in [7, 11) is 0. The largest absolute Gasteiger partial charge is 0.345 e. The van der Waals surface area contributed by atoms with Gasteiger partial charge in [-0.25, -0.2) is 4.98 Å². The summed E-state index contributed by atoms with van der Waals surface area (Å²) in [5.41, 5.74) is 2.17. The molecular weight excluding hydrogens is 352 g/mol. The van der Waals surface area contributed by atoms with Crippen LogP contribution in [0.4, 0.5) is 0 Å². The minimum absolute atomic E-state index is 0.422. The van der Waals surface area contributed by atoms with Gasteiger partial charge in [-0.05, 0) is 48.3 Å². The molecule has 29 heavy (non-hydrogen) atoms. The third kappa shape index (κ3) is 8.85. The number of aromatic nitrogens is 2. The second kappa shape index (κ2) is 11.6. The molecule has 0 saturated carbocycles. The molecule has 1 heterocycles. The Hall–Kier alpha value is -0.790. The Kier molecular flexibility index (Phi) is 10.5. The van der Waals surface area contributed by atoms with Gasteiger partial charge < -0.3 is 4.98 Å². The van der Waals surface area contributed by atoms with Crippen LogP contribution in [0.2, 0.25) is 0 Å². The number of nitrogens with one attached hydrogen (secondary N) is 1. The standard InChI is InChI=1S/C27H52N2/c1-11-13-15-26(7,8)17-20(3)22(5)24-19-28-25(29-24)23(6)21(4)18-27(9,10)16-14-12-2/h19-23H,11-18H2,1-10H3,(H,28,29). The smallest absolute Gasteiger partial charge is 0.109 e. The molecule has 0 amide bonds. The number of unbranched alkanes of at least 4 members (excludes halogenated alkanes) is 2. The van der Waals surface area contributed by atoms with Crippen molar-refractivity contribution in [2.24, 2.45) is 22.7 Å². The van der Waals surface area contributed by atoms with Crippen LogP contribution in [0.1, 0.15) is 144 Å². The Morgan fingerprint density at radius 3 is 1.69 bits per heavy atom. The molecule has 0 bridgehead atoms. The fraction of sp³-hybridized carbons (Fsp3) is 0.889. The molecule has 0 aliphatic rings. The molecular formula is C27H52N2. The van der Waals surface area contributed by atoms with Crippen molar-refractivity contribution in [1.82, 2.24) is 9.97 Å². The number of aromatic amines is 1. The van der Waals surface area contributed by atoms with Gasteiger partial charge in [-0.3, -0.25) is 0 Å². The van der Waals surface area contributed by atoms with Gasteiger partial charge in [0.1, 0.15) is 5.82 Å². The van der Waals surface area contributed by atoms with Crippen LogP contribution in [0, 0.1) is 22.7 Å². The van der Waals surface area contributed by atoms with Gasteiger partial charge in [-0.1, -0.05) is 94.9 Å². The van der Waals surface area contributed by atoms with Crippen molar-refractivity contribution < 1.29 is 0 Å². The van der Waals surface area contributed by atoms with Crippen LogP contribution in [0.5, 0.6) is 0 Å². The molecule has 2 heteroatoms. The molecule has 1 rings (SSSR count). The van der Waals surface area contributed by atoms with E-state index in [9.17, 15) is 0 Å². The van der Waals surface area contributed by atoms with Crippen LogP contribution in [-0.4, -0.2) is 9.97 Å². The van der Waals surface area contributed by atoms with Crippen molar-refractivity contribution in [3.05, 3.63) is 17.7 Å². The summed E-state index contributed by atoms with van der Waals surface area (Å²) in [6.45, 7) is 23.9. The Morgan fingerprint density at radius 1 is 0.793 bits per heavy atom. The fourth-order valence-electron chi connectivity index (χ4n) is 5.00. The summed E-state index contributed by atoms with van der Waals surface area (Å²) < 4.78 is 0. The number of imidazole rings is 1. The highest BCUT2D eigenvalue weighted by molar-refractivity contribution is 5.11. The first-order valence-electron chi connectivity index (χ1n) is 12.5. The van der Waals surface area contributed by atoms with E-state index in [1.807, 2.05) is 0 Å². The maximum Gasteiger partial charge on any atom is 0.109 e. The molecule has 0 radical (unpaired) electrons. The molecule has 1 aromatic rings. The van der Waals surface area contributed by atoms with E-state index in [0.29, 0.717) is 34.5 Å². The second-order valence-electron chi connectivity index (χ2n) is 11.7. The van der Waals surface area contributed by atoms with Gasteiger partial charge in [0.25, 0.3) is 0 Å². The lowest BCUT2D eigenvalue weighted by Gasteiger charge is -2.31. The van der Waals surface area contributed by atoms with Crippen LogP contribution in [0.3, 0.4) is 0 Å². The minimum Gasteiger partial charge on any atom is -0.345 e. The van der Waals surface area contributed by atoms with Gasteiger partial charge in [0, 0.05) is 23.7 Å². The molecule has 1 N–H and O–H groups in total. The number of hydrogen-bond donors (Lipinski definition) is 1. The third-order valence-electron chi connectivity index (χ3n) is 7.41. The number of H-pyrrole nitrogens is 1. The summed E-state index contributed by atoms with van der Waals surface area (Å²) in [5, 5.41) is 0. The predicted molar refractivity (Wildman–Crippen MR) is 130 cm³/mol. The molecule has 1 aromatic heterocycles. The van der Waals surface area contributed by atoms with Crippen LogP contribution in [-0.2, 0) is 0 Å². The fourth-order valence-corrected chi connectivity index (χ4v) is 5.00. The van der Waals surface area contributed by atoms with E-state index < -0.39 is 0 Å². The summed E-state index contributed by atoms with van der Waals surface area (Å²) >= 11 is 0. The molecule has 0 spiro atoms. The van der Waals surface area contributed by atoms with E-state index in [2.05, 4.69) is 80.4 Å². The summed E-state index contributed by atoms with van der Waals surface area (Å²) in [4.78, 5) is 8.54. The zero-order chi connectivity index (χ0) is 22.2. The Morgan fingerprint density at radius 2 is 1.24 bits per heavy atom. The van der Waals surface area contributed by atoms with Gasteiger partial charge in [0.2, 0.25) is 0 Å². The molecule has 4 atom stereocenters. The summed E-state index contributed by atoms with van der Waals surface area (Å²) in [6, 6.07) is 0. The average molecular weight is 405 g/mol. The van der Waals surface area contributed by atoms with Crippen molar-refractivity contribution in [3.8, 4) is 0 Å². The molecule has 0 aliphatic carbocycles. The maximum atomic E-state index is 4.82. The quantitative estimate of drug-likeness (QED) is 0.329. The number of hydrogen-bond acceptors (Lipinski definition) is 1. The SMILES string of the molecule is CCCCC(C)(C)CC(C)C(C)c1cnc(C(C)C(C)CC(C)(C)CCCC)[nH]1. The van der Waals surface area contributed by atoms with Crippen LogP contribution in [0.25, 0.3) is 0 Å². The van der Waals surface area contributed by atoms with E-state index in [0.717, 1.165) is 0 Å². The Bertz CT molecular complexity index is 520. The monoisotopic (exact) mass is 404 g/mol. The molecule has 4 unspecified atom stereocenters. The normalized spacial score (nSPS) is 17.2. The van der Waals surface area contributed by atoms with Gasteiger partial charge >= 0.3 is 0 Å². The molecule has 0 aromatic carbocycles. The van der Waals surface area contributed by atoms with Crippen molar-refractivity contribution >= 4 is 0 Å². The molecule has 0 fully saturated rings.